The Hall–Kier alpha value is -2.63. The molecule has 144 valence electrons. The molecule has 0 aromatic heterocycles. The molecule has 0 saturated heterocycles. The molecule has 2 aromatic carbocycles. The molecule has 2 unspecified atom stereocenters. The number of nitrogens with one attached hydrogen (secondary N) is 3. The van der Waals surface area contributed by atoms with Gasteiger partial charge in [-0.15, -0.1) is 0 Å². The summed E-state index contributed by atoms with van der Waals surface area (Å²) in [6, 6.07) is 17.2. The number of nitrogens with zero attached hydrogens (tertiary/aromatic N) is 1. The van der Waals surface area contributed by atoms with Crippen molar-refractivity contribution < 1.29 is 0 Å². The summed E-state index contributed by atoms with van der Waals surface area (Å²) < 4.78 is 0. The van der Waals surface area contributed by atoms with Gasteiger partial charge in [0, 0.05) is 23.8 Å². The van der Waals surface area contributed by atoms with E-state index in [9.17, 15) is 0 Å². The van der Waals surface area contributed by atoms with Crippen molar-refractivity contribution in [1.29, 1.82) is 0 Å². The van der Waals surface area contributed by atoms with Crippen LogP contribution >= 0.6 is 0 Å². The lowest BCUT2D eigenvalue weighted by atomic mass is 9.95. The number of allylic oxidation sites excluding steroid dienone is 1. The molecular formula is C23H27N5. The first-order chi connectivity index (χ1) is 13.6. The van der Waals surface area contributed by atoms with Gasteiger partial charge < -0.3 is 21.7 Å². The predicted molar refractivity (Wildman–Crippen MR) is 114 cm³/mol. The summed E-state index contributed by atoms with van der Waals surface area (Å²) in [4.78, 5) is 4.79. The molecule has 5 N–H and O–H groups in total. The highest BCUT2D eigenvalue weighted by atomic mass is 15.2. The fraction of sp³-hybridized carbons (Fsp3) is 0.348. The third-order valence-electron chi connectivity index (χ3n) is 6.12. The molecule has 2 atom stereocenters. The van der Waals surface area contributed by atoms with Crippen molar-refractivity contribution in [2.75, 3.05) is 11.9 Å². The van der Waals surface area contributed by atoms with E-state index in [1.165, 1.54) is 28.0 Å². The van der Waals surface area contributed by atoms with Gasteiger partial charge in [0.1, 0.15) is 5.66 Å². The number of hydrogen-bond donors (Lipinski definition) is 4. The molecule has 0 fully saturated rings. The van der Waals surface area contributed by atoms with Crippen LogP contribution in [0.15, 0.2) is 64.8 Å². The maximum Gasteiger partial charge on any atom is 0.202 e. The van der Waals surface area contributed by atoms with Gasteiger partial charge in [-0.2, -0.15) is 0 Å². The summed E-state index contributed by atoms with van der Waals surface area (Å²) in [5.41, 5.74) is 13.6. The normalized spacial score (nSPS) is 26.2. The van der Waals surface area contributed by atoms with E-state index in [0.717, 1.165) is 44.0 Å². The number of hydrogen-bond acceptors (Lipinski definition) is 5. The van der Waals surface area contributed by atoms with E-state index in [0.29, 0.717) is 5.92 Å². The van der Waals surface area contributed by atoms with Gasteiger partial charge in [0.25, 0.3) is 0 Å². The average Bonchev–Trinajstić information content (AvgIpc) is 3.13. The average molecular weight is 374 g/mol. The number of guanidine groups is 1. The Morgan fingerprint density at radius 2 is 1.96 bits per heavy atom. The molecule has 2 aromatic rings. The van der Waals surface area contributed by atoms with Gasteiger partial charge in [-0.3, -0.25) is 0 Å². The monoisotopic (exact) mass is 373 g/mol. The zero-order valence-electron chi connectivity index (χ0n) is 16.3. The number of nitrogens with two attached hydrogens (primary N) is 1. The van der Waals surface area contributed by atoms with E-state index in [1.54, 1.807) is 0 Å². The zero-order chi connectivity index (χ0) is 19.1. The highest BCUT2D eigenvalue weighted by Crippen LogP contribution is 2.43. The van der Waals surface area contributed by atoms with Crippen LogP contribution in [0.4, 0.5) is 5.69 Å². The largest absolute Gasteiger partial charge is 0.329 e. The van der Waals surface area contributed by atoms with E-state index in [1.807, 2.05) is 6.92 Å². The van der Waals surface area contributed by atoms with Crippen LogP contribution in [0.1, 0.15) is 42.4 Å². The third-order valence-corrected chi connectivity index (χ3v) is 6.12. The molecule has 0 saturated carbocycles. The molecule has 2 aliphatic heterocycles. The number of rotatable bonds is 2. The van der Waals surface area contributed by atoms with Crippen LogP contribution in [-0.4, -0.2) is 18.2 Å². The third kappa shape index (κ3) is 3.11. The molecule has 0 amide bonds. The number of aliphatic imine (C=N–C) groups is 1. The molecule has 5 rings (SSSR count). The van der Waals surface area contributed by atoms with Gasteiger partial charge in [-0.05, 0) is 67.1 Å². The standard InChI is InChI=1S/C23H27N5/c1-23(24)20-10-9-19(15-5-3-2-4-6-15)21(20)27-22(28-23)26-18-8-7-17-14-25-12-11-16(17)13-18/h2-8,13,19,25H,9-12,14,24H2,1H3,(H2,26,27,28). The van der Waals surface area contributed by atoms with Gasteiger partial charge in [-0.25, -0.2) is 4.99 Å². The number of benzene rings is 2. The molecule has 0 bridgehead atoms. The minimum absolute atomic E-state index is 0.348. The lowest BCUT2D eigenvalue weighted by Gasteiger charge is -2.32. The van der Waals surface area contributed by atoms with Crippen LogP contribution in [0.25, 0.3) is 0 Å². The van der Waals surface area contributed by atoms with E-state index in [-0.39, 0.29) is 0 Å². The molecule has 28 heavy (non-hydrogen) atoms. The van der Waals surface area contributed by atoms with Crippen molar-refractivity contribution in [3.63, 3.8) is 0 Å². The topological polar surface area (TPSA) is 74.5 Å². The van der Waals surface area contributed by atoms with Crippen LogP contribution in [0.2, 0.25) is 0 Å². The van der Waals surface area contributed by atoms with E-state index in [4.69, 9.17) is 10.7 Å². The van der Waals surface area contributed by atoms with Crippen molar-refractivity contribution in [2.45, 2.75) is 44.3 Å². The van der Waals surface area contributed by atoms with Crippen LogP contribution < -0.4 is 21.7 Å². The predicted octanol–water partition coefficient (Wildman–Crippen LogP) is 3.21. The molecular weight excluding hydrogens is 346 g/mol. The van der Waals surface area contributed by atoms with E-state index < -0.39 is 5.66 Å². The summed E-state index contributed by atoms with van der Waals surface area (Å²) in [5, 5.41) is 10.5. The molecule has 3 aliphatic rings. The SMILES string of the molecule is CC1(N)N=C(Nc2ccc3c(c2)CCNC3)NC2=C1CCC2c1ccccc1. The Bertz CT molecular complexity index is 958. The molecule has 5 heteroatoms. The van der Waals surface area contributed by atoms with E-state index >= 15 is 0 Å². The van der Waals surface area contributed by atoms with Crippen LogP contribution in [-0.2, 0) is 13.0 Å². The second kappa shape index (κ2) is 6.76. The summed E-state index contributed by atoms with van der Waals surface area (Å²) in [7, 11) is 0. The first-order valence-corrected chi connectivity index (χ1v) is 10.1. The molecule has 0 spiro atoms. The summed E-state index contributed by atoms with van der Waals surface area (Å²) in [6.45, 7) is 3.99. The highest BCUT2D eigenvalue weighted by Gasteiger charge is 2.39. The van der Waals surface area contributed by atoms with Crippen molar-refractivity contribution in [2.24, 2.45) is 10.7 Å². The Balaban J connectivity index is 1.42. The number of fused-ring (bicyclic) bond motifs is 1. The van der Waals surface area contributed by atoms with E-state index in [2.05, 4.69) is 64.5 Å². The maximum atomic E-state index is 6.62. The quantitative estimate of drug-likeness (QED) is 0.652. The van der Waals surface area contributed by atoms with Crippen molar-refractivity contribution in [3.8, 4) is 0 Å². The van der Waals surface area contributed by atoms with Gasteiger partial charge in [0.15, 0.2) is 0 Å². The van der Waals surface area contributed by atoms with Crippen LogP contribution in [0.5, 0.6) is 0 Å². The number of anilines is 1. The lowest BCUT2D eigenvalue weighted by Crippen LogP contribution is -2.47. The molecule has 0 radical (unpaired) electrons. The minimum Gasteiger partial charge on any atom is -0.329 e. The fourth-order valence-electron chi connectivity index (χ4n) is 4.69. The Kier molecular flexibility index (Phi) is 4.22. The van der Waals surface area contributed by atoms with Crippen molar-refractivity contribution in [1.82, 2.24) is 10.6 Å². The van der Waals surface area contributed by atoms with Crippen LogP contribution in [0.3, 0.4) is 0 Å². The first-order valence-electron chi connectivity index (χ1n) is 10.1. The van der Waals surface area contributed by atoms with Crippen molar-refractivity contribution in [3.05, 3.63) is 76.5 Å². The van der Waals surface area contributed by atoms with Gasteiger partial charge in [-0.1, -0.05) is 36.4 Å². The summed E-state index contributed by atoms with van der Waals surface area (Å²) >= 11 is 0. The summed E-state index contributed by atoms with van der Waals surface area (Å²) in [6.07, 6.45) is 3.12. The van der Waals surface area contributed by atoms with Gasteiger partial charge in [0.2, 0.25) is 5.96 Å². The first kappa shape index (κ1) is 17.5. The van der Waals surface area contributed by atoms with Gasteiger partial charge >= 0.3 is 0 Å². The molecule has 2 heterocycles. The van der Waals surface area contributed by atoms with Gasteiger partial charge in [0.05, 0.1) is 0 Å². The second-order valence-electron chi connectivity index (χ2n) is 8.16. The lowest BCUT2D eigenvalue weighted by molar-refractivity contribution is 0.548. The minimum atomic E-state index is -0.676. The Morgan fingerprint density at radius 1 is 1.11 bits per heavy atom. The van der Waals surface area contributed by atoms with Crippen LogP contribution in [0, 0.1) is 0 Å². The Labute approximate surface area is 166 Å². The second-order valence-corrected chi connectivity index (χ2v) is 8.16. The molecule has 1 aliphatic carbocycles. The Morgan fingerprint density at radius 3 is 2.82 bits per heavy atom. The molecule has 5 nitrogen and oxygen atoms in total. The zero-order valence-corrected chi connectivity index (χ0v) is 16.3. The maximum absolute atomic E-state index is 6.62. The fourth-order valence-corrected chi connectivity index (χ4v) is 4.69. The summed E-state index contributed by atoms with van der Waals surface area (Å²) in [5.74, 6) is 1.08. The highest BCUT2D eigenvalue weighted by molar-refractivity contribution is 5.96. The smallest absolute Gasteiger partial charge is 0.202 e. The van der Waals surface area contributed by atoms with Crippen molar-refractivity contribution >= 4 is 11.6 Å².